The van der Waals surface area contributed by atoms with Gasteiger partial charge in [0.1, 0.15) is 0 Å². The Balaban J connectivity index is 3.02. The molecule has 1 aromatic carbocycles. The molecule has 0 spiro atoms. The van der Waals surface area contributed by atoms with Crippen LogP contribution < -0.4 is 0 Å². The summed E-state index contributed by atoms with van der Waals surface area (Å²) in [6, 6.07) is 1.87. The van der Waals surface area contributed by atoms with Crippen LogP contribution in [0.4, 0.5) is 0 Å². The fourth-order valence-corrected chi connectivity index (χ4v) is 3.08. The normalized spacial score (nSPS) is 11.1. The van der Waals surface area contributed by atoms with E-state index in [2.05, 4.69) is 0 Å². The Morgan fingerprint density at radius 3 is 2.15 bits per heavy atom. The highest BCUT2D eigenvalue weighted by atomic mass is 35.5. The average Bonchev–Trinajstić information content (AvgIpc) is 2.59. The lowest BCUT2D eigenvalue weighted by atomic mass is 10.2. The van der Waals surface area contributed by atoms with Gasteiger partial charge in [0.2, 0.25) is 0 Å². The third-order valence-electron chi connectivity index (χ3n) is 1.68. The molecule has 13 heavy (non-hydrogen) atoms. The summed E-state index contributed by atoms with van der Waals surface area (Å²) in [7, 11) is 0. The van der Waals surface area contributed by atoms with E-state index >= 15 is 0 Å². The van der Waals surface area contributed by atoms with Crippen LogP contribution in [0.5, 0.6) is 0 Å². The molecule has 0 atom stereocenters. The van der Waals surface area contributed by atoms with Gasteiger partial charge in [-0.1, -0.05) is 46.4 Å². The van der Waals surface area contributed by atoms with Crippen LogP contribution >= 0.6 is 57.7 Å². The highest BCUT2D eigenvalue weighted by molar-refractivity contribution is 7.18. The Morgan fingerprint density at radius 2 is 1.46 bits per heavy atom. The zero-order valence-electron chi connectivity index (χ0n) is 6.07. The predicted octanol–water partition coefficient (Wildman–Crippen LogP) is 5.51. The maximum atomic E-state index is 5.98. The zero-order valence-corrected chi connectivity index (χ0v) is 9.92. The molecule has 0 saturated heterocycles. The van der Waals surface area contributed by atoms with Gasteiger partial charge in [0.25, 0.3) is 0 Å². The first-order valence-electron chi connectivity index (χ1n) is 3.32. The van der Waals surface area contributed by atoms with Crippen molar-refractivity contribution >= 4 is 67.8 Å². The molecule has 2 rings (SSSR count). The minimum absolute atomic E-state index is 0.319. The van der Waals surface area contributed by atoms with E-state index in [9.17, 15) is 0 Å². The lowest BCUT2D eigenvalue weighted by molar-refractivity contribution is 1.83. The van der Waals surface area contributed by atoms with Gasteiger partial charge in [0.05, 0.1) is 24.8 Å². The van der Waals surface area contributed by atoms with Crippen molar-refractivity contribution in [3.63, 3.8) is 0 Å². The maximum Gasteiger partial charge on any atom is 0.0808 e. The van der Waals surface area contributed by atoms with E-state index in [1.807, 2.05) is 11.4 Å². The van der Waals surface area contributed by atoms with Crippen molar-refractivity contribution in [2.24, 2.45) is 0 Å². The van der Waals surface area contributed by atoms with E-state index in [0.717, 1.165) is 10.1 Å². The quantitative estimate of drug-likeness (QED) is 0.437. The number of fused-ring (bicyclic) bond motifs is 1. The molecule has 5 heteroatoms. The van der Waals surface area contributed by atoms with E-state index < -0.39 is 0 Å². The molecular formula is C8H2Cl4S. The summed E-state index contributed by atoms with van der Waals surface area (Å²) in [5.74, 6) is 0. The molecule has 0 nitrogen and oxygen atoms in total. The highest BCUT2D eigenvalue weighted by Gasteiger charge is 2.14. The number of benzene rings is 1. The third kappa shape index (κ3) is 1.43. The third-order valence-corrected chi connectivity index (χ3v) is 4.54. The molecule has 1 aromatic heterocycles. The molecule has 0 unspecified atom stereocenters. The molecule has 0 radical (unpaired) electrons. The lowest BCUT2D eigenvalue weighted by Crippen LogP contribution is -1.75. The number of halogens is 4. The second kappa shape index (κ2) is 3.48. The molecule has 0 aliphatic heterocycles. The Labute approximate surface area is 99.0 Å². The van der Waals surface area contributed by atoms with Crippen molar-refractivity contribution in [2.45, 2.75) is 0 Å². The maximum absolute atomic E-state index is 5.98. The van der Waals surface area contributed by atoms with Crippen molar-refractivity contribution in [3.05, 3.63) is 31.5 Å². The van der Waals surface area contributed by atoms with E-state index in [-0.39, 0.29) is 0 Å². The second-order valence-electron chi connectivity index (χ2n) is 2.42. The summed E-state index contributed by atoms with van der Waals surface area (Å²) in [6.45, 7) is 0. The summed E-state index contributed by atoms with van der Waals surface area (Å²) in [5.41, 5.74) is 0. The molecule has 0 amide bonds. The van der Waals surface area contributed by atoms with Crippen LogP contribution in [0.2, 0.25) is 20.1 Å². The van der Waals surface area contributed by atoms with Gasteiger partial charge < -0.3 is 0 Å². The topological polar surface area (TPSA) is 0 Å². The second-order valence-corrected chi connectivity index (χ2v) is 4.85. The molecule has 0 N–H and O–H groups in total. The van der Waals surface area contributed by atoms with Crippen molar-refractivity contribution in [1.82, 2.24) is 0 Å². The van der Waals surface area contributed by atoms with Crippen LogP contribution in [0.15, 0.2) is 11.4 Å². The lowest BCUT2D eigenvalue weighted by Gasteiger charge is -2.03. The minimum Gasteiger partial charge on any atom is -0.142 e. The fraction of sp³-hybridized carbons (Fsp3) is 0. The molecule has 0 aliphatic rings. The van der Waals surface area contributed by atoms with Crippen LogP contribution in [0, 0.1) is 0 Å². The summed E-state index contributed by atoms with van der Waals surface area (Å²) in [4.78, 5) is 0. The first-order chi connectivity index (χ1) is 6.13. The molecule has 2 aromatic rings. The van der Waals surface area contributed by atoms with Gasteiger partial charge in [-0.05, 0) is 11.4 Å². The summed E-state index contributed by atoms with van der Waals surface area (Å²) in [6.07, 6.45) is 0. The van der Waals surface area contributed by atoms with Crippen LogP contribution in [0.1, 0.15) is 0 Å². The first-order valence-corrected chi connectivity index (χ1v) is 5.71. The monoisotopic (exact) mass is 270 g/mol. The Morgan fingerprint density at radius 1 is 0.846 bits per heavy atom. The van der Waals surface area contributed by atoms with Gasteiger partial charge >= 0.3 is 0 Å². The van der Waals surface area contributed by atoms with Gasteiger partial charge in [-0.25, -0.2) is 0 Å². The number of thiophene rings is 1. The van der Waals surface area contributed by atoms with E-state index in [4.69, 9.17) is 46.4 Å². The number of rotatable bonds is 0. The van der Waals surface area contributed by atoms with E-state index in [1.165, 1.54) is 11.3 Å². The fourth-order valence-electron chi connectivity index (χ4n) is 1.06. The van der Waals surface area contributed by atoms with Crippen molar-refractivity contribution < 1.29 is 0 Å². The average molecular weight is 272 g/mol. The standard InChI is InChI=1S/C8H2Cl4S/c9-4-3-1-2-13-8(3)7(12)6(11)5(4)10/h1-2H. The molecule has 0 aliphatic carbocycles. The molecule has 0 bridgehead atoms. The summed E-state index contributed by atoms with van der Waals surface area (Å²) >= 11 is 25.2. The van der Waals surface area contributed by atoms with Crippen LogP contribution in [0.3, 0.4) is 0 Å². The minimum atomic E-state index is 0.319. The Kier molecular flexibility index (Phi) is 2.65. The predicted molar refractivity (Wildman–Crippen MR) is 61.9 cm³/mol. The van der Waals surface area contributed by atoms with Crippen molar-refractivity contribution in [1.29, 1.82) is 0 Å². The van der Waals surface area contributed by atoms with Gasteiger partial charge in [0.15, 0.2) is 0 Å². The summed E-state index contributed by atoms with van der Waals surface area (Å²) in [5, 5.41) is 4.33. The molecular weight excluding hydrogens is 270 g/mol. The van der Waals surface area contributed by atoms with Crippen LogP contribution in [0.25, 0.3) is 10.1 Å². The Hall–Kier alpha value is 0.340. The highest BCUT2D eigenvalue weighted by Crippen LogP contribution is 2.44. The number of hydrogen-bond donors (Lipinski definition) is 0. The SMILES string of the molecule is Clc1c(Cl)c(Cl)c2sccc2c1Cl. The van der Waals surface area contributed by atoms with Gasteiger partial charge in [-0.3, -0.25) is 0 Å². The van der Waals surface area contributed by atoms with E-state index in [0.29, 0.717) is 20.1 Å². The van der Waals surface area contributed by atoms with Crippen LogP contribution in [-0.4, -0.2) is 0 Å². The molecule has 1 heterocycles. The van der Waals surface area contributed by atoms with Gasteiger partial charge in [-0.15, -0.1) is 11.3 Å². The van der Waals surface area contributed by atoms with E-state index in [1.54, 1.807) is 0 Å². The summed E-state index contributed by atoms with van der Waals surface area (Å²) < 4.78 is 0.876. The van der Waals surface area contributed by atoms with Crippen LogP contribution in [-0.2, 0) is 0 Å². The first kappa shape index (κ1) is 9.88. The van der Waals surface area contributed by atoms with Crippen molar-refractivity contribution in [3.8, 4) is 0 Å². The molecule has 0 saturated carbocycles. The largest absolute Gasteiger partial charge is 0.142 e. The molecule has 0 fully saturated rings. The van der Waals surface area contributed by atoms with Gasteiger partial charge in [0, 0.05) is 5.39 Å². The zero-order chi connectivity index (χ0) is 9.59. The van der Waals surface area contributed by atoms with Crippen molar-refractivity contribution in [2.75, 3.05) is 0 Å². The number of hydrogen-bond acceptors (Lipinski definition) is 1. The smallest absolute Gasteiger partial charge is 0.0808 e. The van der Waals surface area contributed by atoms with Gasteiger partial charge in [-0.2, -0.15) is 0 Å². The Bertz CT molecular complexity index is 432. The molecule has 68 valence electrons.